The summed E-state index contributed by atoms with van der Waals surface area (Å²) in [5.41, 5.74) is 0.389. The molecule has 0 aromatic carbocycles. The van der Waals surface area contributed by atoms with Crippen LogP contribution in [0, 0.1) is 0 Å². The number of pyridine rings is 1. The van der Waals surface area contributed by atoms with Crippen LogP contribution in [0.2, 0.25) is 0 Å². The van der Waals surface area contributed by atoms with Gasteiger partial charge in [-0.05, 0) is 24.1 Å². The summed E-state index contributed by atoms with van der Waals surface area (Å²) < 4.78 is 31.9. The molecule has 116 valence electrons. The van der Waals surface area contributed by atoms with Gasteiger partial charge in [-0.2, -0.15) is 0 Å². The summed E-state index contributed by atoms with van der Waals surface area (Å²) in [6, 6.07) is 1.02. The molecule has 1 rings (SSSR count). The van der Waals surface area contributed by atoms with Crippen LogP contribution >= 0.6 is 0 Å². The van der Waals surface area contributed by atoms with E-state index in [9.17, 15) is 13.2 Å². The van der Waals surface area contributed by atoms with E-state index in [0.717, 1.165) is 6.08 Å². The first kappa shape index (κ1) is 17.3. The highest BCUT2D eigenvalue weighted by molar-refractivity contribution is 7.89. The molecule has 2 N–H and O–H groups in total. The zero-order chi connectivity index (χ0) is 15.9. The molecule has 0 aliphatic carbocycles. The third-order valence-electron chi connectivity index (χ3n) is 2.65. The molecule has 8 heteroatoms. The molecule has 1 aromatic rings. The highest BCUT2D eigenvalue weighted by Crippen LogP contribution is 2.12. The number of carboxylic acids is 1. The fourth-order valence-electron chi connectivity index (χ4n) is 1.57. The number of methoxy groups -OCH3 is 1. The van der Waals surface area contributed by atoms with Gasteiger partial charge in [0.15, 0.2) is 0 Å². The minimum atomic E-state index is -3.73. The van der Waals surface area contributed by atoms with Crippen molar-refractivity contribution in [1.82, 2.24) is 9.71 Å². The molecule has 7 nitrogen and oxygen atoms in total. The number of hydrogen-bond donors (Lipinski definition) is 2. The van der Waals surface area contributed by atoms with Crippen molar-refractivity contribution in [2.75, 3.05) is 13.7 Å². The lowest BCUT2D eigenvalue weighted by Gasteiger charge is -2.16. The number of nitrogens with one attached hydrogen (secondary N) is 1. The molecular weight excluding hydrogens is 296 g/mol. The highest BCUT2D eigenvalue weighted by Gasteiger charge is 2.19. The quantitative estimate of drug-likeness (QED) is 0.690. The van der Waals surface area contributed by atoms with Gasteiger partial charge in [0, 0.05) is 31.6 Å². The number of rotatable bonds is 8. The molecule has 0 saturated heterocycles. The van der Waals surface area contributed by atoms with E-state index < -0.39 is 16.0 Å². The van der Waals surface area contributed by atoms with Gasteiger partial charge in [0.05, 0.1) is 6.61 Å². The first-order valence-corrected chi connectivity index (χ1v) is 7.74. The summed E-state index contributed by atoms with van der Waals surface area (Å²) in [6.45, 7) is 2.11. The monoisotopic (exact) mass is 314 g/mol. The molecule has 1 atom stereocenters. The second-order valence-electron chi connectivity index (χ2n) is 4.31. The van der Waals surface area contributed by atoms with Crippen molar-refractivity contribution in [3.8, 4) is 0 Å². The van der Waals surface area contributed by atoms with Gasteiger partial charge in [-0.3, -0.25) is 4.98 Å². The van der Waals surface area contributed by atoms with Crippen LogP contribution in [0.4, 0.5) is 0 Å². The molecule has 0 radical (unpaired) electrons. The molecule has 0 amide bonds. The van der Waals surface area contributed by atoms with Crippen molar-refractivity contribution >= 4 is 22.1 Å². The van der Waals surface area contributed by atoms with E-state index >= 15 is 0 Å². The van der Waals surface area contributed by atoms with Crippen LogP contribution in [0.3, 0.4) is 0 Å². The maximum atomic E-state index is 12.2. The molecule has 21 heavy (non-hydrogen) atoms. The fourth-order valence-corrected chi connectivity index (χ4v) is 2.87. The lowest BCUT2D eigenvalue weighted by Crippen LogP contribution is -2.37. The number of sulfonamides is 1. The zero-order valence-corrected chi connectivity index (χ0v) is 12.6. The summed E-state index contributed by atoms with van der Waals surface area (Å²) in [4.78, 5) is 14.2. The van der Waals surface area contributed by atoms with Crippen LogP contribution in [0.5, 0.6) is 0 Å². The minimum Gasteiger partial charge on any atom is -0.478 e. The third-order valence-corrected chi connectivity index (χ3v) is 4.13. The van der Waals surface area contributed by atoms with Gasteiger partial charge in [0.1, 0.15) is 4.90 Å². The van der Waals surface area contributed by atoms with Crippen LogP contribution in [-0.2, 0) is 19.6 Å². The Morgan fingerprint density at radius 2 is 2.24 bits per heavy atom. The van der Waals surface area contributed by atoms with Crippen molar-refractivity contribution in [2.24, 2.45) is 0 Å². The van der Waals surface area contributed by atoms with Gasteiger partial charge < -0.3 is 9.84 Å². The Morgan fingerprint density at radius 1 is 1.52 bits per heavy atom. The van der Waals surface area contributed by atoms with E-state index in [1.807, 2.05) is 6.92 Å². The van der Waals surface area contributed by atoms with Crippen molar-refractivity contribution in [3.63, 3.8) is 0 Å². The summed E-state index contributed by atoms with van der Waals surface area (Å²) in [7, 11) is -2.23. The van der Waals surface area contributed by atoms with Crippen LogP contribution < -0.4 is 4.72 Å². The molecule has 0 fully saturated rings. The third kappa shape index (κ3) is 5.62. The Morgan fingerprint density at radius 3 is 2.81 bits per heavy atom. The molecule has 1 aromatic heterocycles. The standard InChI is InChI=1S/C13H18N2O5S/c1-3-11(9-20-2)15-21(18,19)12-6-10(7-14-8-12)4-5-13(16)17/h4-8,11,15H,3,9H2,1-2H3,(H,16,17). The number of aromatic nitrogens is 1. The van der Waals surface area contributed by atoms with Crippen molar-refractivity contribution in [1.29, 1.82) is 0 Å². The van der Waals surface area contributed by atoms with Crippen molar-refractivity contribution in [2.45, 2.75) is 24.3 Å². The molecule has 0 aliphatic heterocycles. The second-order valence-corrected chi connectivity index (χ2v) is 6.02. The molecule has 0 aliphatic rings. The average molecular weight is 314 g/mol. The predicted octanol–water partition coefficient (Wildman–Crippen LogP) is 0.883. The molecule has 1 unspecified atom stereocenters. The molecular formula is C13H18N2O5S. The summed E-state index contributed by atoms with van der Waals surface area (Å²) in [6.07, 6.45) is 5.37. The Kier molecular flexibility index (Phi) is 6.47. The zero-order valence-electron chi connectivity index (χ0n) is 11.8. The number of carbonyl (C=O) groups is 1. The minimum absolute atomic E-state index is 0.0235. The summed E-state index contributed by atoms with van der Waals surface area (Å²) in [5.74, 6) is -1.12. The largest absolute Gasteiger partial charge is 0.478 e. The van der Waals surface area contributed by atoms with Gasteiger partial charge in [-0.15, -0.1) is 0 Å². The number of aliphatic carboxylic acids is 1. The van der Waals surface area contributed by atoms with Gasteiger partial charge in [-0.25, -0.2) is 17.9 Å². The van der Waals surface area contributed by atoms with Gasteiger partial charge in [-0.1, -0.05) is 6.92 Å². The Labute approximate surface area is 123 Å². The second kappa shape index (κ2) is 7.87. The van der Waals surface area contributed by atoms with Crippen molar-refractivity contribution in [3.05, 3.63) is 30.1 Å². The van der Waals surface area contributed by atoms with E-state index in [0.29, 0.717) is 12.0 Å². The number of nitrogens with zero attached hydrogens (tertiary/aromatic N) is 1. The predicted molar refractivity (Wildman–Crippen MR) is 77.2 cm³/mol. The summed E-state index contributed by atoms with van der Waals surface area (Å²) >= 11 is 0. The molecule has 0 spiro atoms. The van der Waals surface area contributed by atoms with Crippen LogP contribution in [0.25, 0.3) is 6.08 Å². The Balaban J connectivity index is 2.98. The Bertz CT molecular complexity index is 613. The Hall–Kier alpha value is -1.77. The first-order chi connectivity index (χ1) is 9.89. The first-order valence-electron chi connectivity index (χ1n) is 6.26. The van der Waals surface area contributed by atoms with Crippen molar-refractivity contribution < 1.29 is 23.1 Å². The molecule has 0 bridgehead atoms. The maximum absolute atomic E-state index is 12.2. The highest BCUT2D eigenvalue weighted by atomic mass is 32.2. The smallest absolute Gasteiger partial charge is 0.328 e. The van der Waals surface area contributed by atoms with Crippen LogP contribution in [0.15, 0.2) is 29.4 Å². The van der Waals surface area contributed by atoms with E-state index in [1.165, 1.54) is 31.6 Å². The maximum Gasteiger partial charge on any atom is 0.328 e. The SMILES string of the molecule is CCC(COC)NS(=O)(=O)c1cncc(C=CC(=O)O)c1. The van der Waals surface area contributed by atoms with E-state index in [2.05, 4.69) is 9.71 Å². The number of hydrogen-bond acceptors (Lipinski definition) is 5. The average Bonchev–Trinajstić information content (AvgIpc) is 2.44. The van der Waals surface area contributed by atoms with E-state index in [4.69, 9.17) is 9.84 Å². The fraction of sp³-hybridized carbons (Fsp3) is 0.385. The van der Waals surface area contributed by atoms with Gasteiger partial charge >= 0.3 is 5.97 Å². The van der Waals surface area contributed by atoms with Gasteiger partial charge in [0.2, 0.25) is 10.0 Å². The van der Waals surface area contributed by atoms with Gasteiger partial charge in [0.25, 0.3) is 0 Å². The number of carboxylic acid groups (broad SMARTS) is 1. The van der Waals surface area contributed by atoms with E-state index in [1.54, 1.807) is 0 Å². The molecule has 0 saturated carbocycles. The lowest BCUT2D eigenvalue weighted by molar-refractivity contribution is -0.131. The summed E-state index contributed by atoms with van der Waals surface area (Å²) in [5, 5.41) is 8.56. The van der Waals surface area contributed by atoms with Crippen LogP contribution in [0.1, 0.15) is 18.9 Å². The van der Waals surface area contributed by atoms with E-state index in [-0.39, 0.29) is 17.5 Å². The lowest BCUT2D eigenvalue weighted by atomic mass is 10.2. The topological polar surface area (TPSA) is 106 Å². The number of ether oxygens (including phenoxy) is 1. The van der Waals surface area contributed by atoms with Crippen LogP contribution in [-0.4, -0.2) is 44.2 Å². The normalized spacial score (nSPS) is 13.4. The molecule has 1 heterocycles.